The summed E-state index contributed by atoms with van der Waals surface area (Å²) in [4.78, 5) is 19.2. The molecule has 1 unspecified atom stereocenters. The first-order chi connectivity index (χ1) is 8.99. The second-order valence-electron chi connectivity index (χ2n) is 5.87. The smallest absolute Gasteiger partial charge is 0.255 e. The molecular weight excluding hydrogens is 238 g/mol. The van der Waals surface area contributed by atoms with E-state index in [-0.39, 0.29) is 11.6 Å². The first kappa shape index (κ1) is 14.3. The molecule has 0 radical (unpaired) electrons. The van der Waals surface area contributed by atoms with E-state index in [1.165, 1.54) is 25.7 Å². The van der Waals surface area contributed by atoms with Crippen molar-refractivity contribution >= 4 is 0 Å². The summed E-state index contributed by atoms with van der Waals surface area (Å²) in [6.45, 7) is 8.02. The second kappa shape index (κ2) is 5.87. The molecule has 19 heavy (non-hydrogen) atoms. The third kappa shape index (κ3) is 3.24. The van der Waals surface area contributed by atoms with Crippen LogP contribution in [0.5, 0.6) is 0 Å². The Morgan fingerprint density at radius 2 is 1.89 bits per heavy atom. The number of hydrogen-bond donors (Lipinski definition) is 2. The molecule has 0 bridgehead atoms. The molecular formula is C15H25N3O. The molecule has 1 aliphatic rings. The summed E-state index contributed by atoms with van der Waals surface area (Å²) in [5.41, 5.74) is 1.60. The number of hydrogen-bond acceptors (Lipinski definition) is 3. The molecule has 0 amide bonds. The number of rotatable bonds is 4. The molecule has 106 valence electrons. The van der Waals surface area contributed by atoms with Gasteiger partial charge in [-0.05, 0) is 46.5 Å². The average Bonchev–Trinajstić information content (AvgIpc) is 2.80. The zero-order valence-corrected chi connectivity index (χ0v) is 12.4. The van der Waals surface area contributed by atoms with Gasteiger partial charge in [0, 0.05) is 17.8 Å². The Labute approximate surface area is 115 Å². The van der Waals surface area contributed by atoms with Gasteiger partial charge >= 0.3 is 0 Å². The largest absolute Gasteiger partial charge is 0.310 e. The van der Waals surface area contributed by atoms with Gasteiger partial charge in [0.25, 0.3) is 5.56 Å². The molecule has 2 rings (SSSR count). The van der Waals surface area contributed by atoms with Crippen LogP contribution in [0.2, 0.25) is 0 Å². The topological polar surface area (TPSA) is 57.8 Å². The highest BCUT2D eigenvalue weighted by Gasteiger charge is 2.24. The van der Waals surface area contributed by atoms with Gasteiger partial charge in [-0.2, -0.15) is 0 Å². The van der Waals surface area contributed by atoms with Crippen LogP contribution in [0.1, 0.15) is 62.7 Å². The van der Waals surface area contributed by atoms with Crippen LogP contribution in [-0.2, 0) is 0 Å². The second-order valence-corrected chi connectivity index (χ2v) is 5.87. The van der Waals surface area contributed by atoms with E-state index in [4.69, 9.17) is 0 Å². The van der Waals surface area contributed by atoms with Gasteiger partial charge in [0.2, 0.25) is 0 Å². The van der Waals surface area contributed by atoms with Crippen LogP contribution >= 0.6 is 0 Å². The van der Waals surface area contributed by atoms with Crippen LogP contribution in [-0.4, -0.2) is 16.0 Å². The van der Waals surface area contributed by atoms with Crippen LogP contribution < -0.4 is 10.9 Å². The molecule has 0 aromatic carbocycles. The first-order valence-corrected chi connectivity index (χ1v) is 7.32. The van der Waals surface area contributed by atoms with Crippen LogP contribution in [0.4, 0.5) is 0 Å². The number of nitrogens with zero attached hydrogens (tertiary/aromatic N) is 1. The van der Waals surface area contributed by atoms with Crippen LogP contribution in [0, 0.1) is 19.8 Å². The third-order valence-electron chi connectivity index (χ3n) is 4.32. The molecule has 1 aromatic rings. The summed E-state index contributed by atoms with van der Waals surface area (Å²) < 4.78 is 0. The summed E-state index contributed by atoms with van der Waals surface area (Å²) >= 11 is 0. The van der Waals surface area contributed by atoms with Crippen molar-refractivity contribution in [1.82, 2.24) is 15.3 Å². The fourth-order valence-corrected chi connectivity index (χ4v) is 3.32. The summed E-state index contributed by atoms with van der Waals surface area (Å²) in [6, 6.07) is 0.505. The van der Waals surface area contributed by atoms with Crippen molar-refractivity contribution in [3.63, 3.8) is 0 Å². The van der Waals surface area contributed by atoms with E-state index >= 15 is 0 Å². The molecule has 1 saturated carbocycles. The number of nitrogens with one attached hydrogen (secondary N) is 2. The highest BCUT2D eigenvalue weighted by atomic mass is 16.1. The monoisotopic (exact) mass is 263 g/mol. The zero-order chi connectivity index (χ0) is 14.0. The summed E-state index contributed by atoms with van der Waals surface area (Å²) in [5, 5.41) is 3.58. The summed E-state index contributed by atoms with van der Waals surface area (Å²) in [7, 11) is 0. The zero-order valence-electron chi connectivity index (χ0n) is 12.4. The Morgan fingerprint density at radius 3 is 2.47 bits per heavy atom. The van der Waals surface area contributed by atoms with Crippen molar-refractivity contribution in [2.24, 2.45) is 5.92 Å². The Hall–Kier alpha value is -1.16. The quantitative estimate of drug-likeness (QED) is 0.878. The molecule has 0 aliphatic heterocycles. The van der Waals surface area contributed by atoms with Crippen molar-refractivity contribution in [1.29, 1.82) is 0 Å². The normalized spacial score (nSPS) is 19.6. The van der Waals surface area contributed by atoms with Gasteiger partial charge in [-0.25, -0.2) is 4.98 Å². The van der Waals surface area contributed by atoms with Crippen LogP contribution in [0.3, 0.4) is 0 Å². The summed E-state index contributed by atoms with van der Waals surface area (Å²) in [5.74, 6) is 1.43. The first-order valence-electron chi connectivity index (χ1n) is 7.32. The fourth-order valence-electron chi connectivity index (χ4n) is 3.32. The lowest BCUT2D eigenvalue weighted by atomic mass is 9.98. The third-order valence-corrected chi connectivity index (χ3v) is 4.32. The van der Waals surface area contributed by atoms with E-state index in [1.807, 2.05) is 13.8 Å². The maximum Gasteiger partial charge on any atom is 0.255 e. The van der Waals surface area contributed by atoms with E-state index in [9.17, 15) is 4.79 Å². The Kier molecular flexibility index (Phi) is 4.40. The minimum Gasteiger partial charge on any atom is -0.310 e. The predicted molar refractivity (Wildman–Crippen MR) is 77.3 cm³/mol. The van der Waals surface area contributed by atoms with Gasteiger partial charge in [0.1, 0.15) is 5.82 Å². The molecule has 1 aromatic heterocycles. The predicted octanol–water partition coefficient (Wildman–Crippen LogP) is 2.62. The molecule has 2 N–H and O–H groups in total. The van der Waals surface area contributed by atoms with Crippen LogP contribution in [0.15, 0.2) is 4.79 Å². The van der Waals surface area contributed by atoms with Crippen molar-refractivity contribution < 1.29 is 0 Å². The Balaban J connectivity index is 2.11. The highest BCUT2D eigenvalue weighted by molar-refractivity contribution is 5.20. The van der Waals surface area contributed by atoms with Crippen molar-refractivity contribution in [3.05, 3.63) is 27.4 Å². The van der Waals surface area contributed by atoms with Gasteiger partial charge < -0.3 is 10.3 Å². The van der Waals surface area contributed by atoms with E-state index in [0.717, 1.165) is 17.2 Å². The van der Waals surface area contributed by atoms with Crippen molar-refractivity contribution in [3.8, 4) is 0 Å². The molecule has 1 aliphatic carbocycles. The van der Waals surface area contributed by atoms with Crippen LogP contribution in [0.25, 0.3) is 0 Å². The molecule has 0 spiro atoms. The highest BCUT2D eigenvalue weighted by Crippen LogP contribution is 2.28. The lowest BCUT2D eigenvalue weighted by molar-refractivity contribution is 0.351. The lowest BCUT2D eigenvalue weighted by Crippen LogP contribution is -2.37. The standard InChI is InChI=1S/C15H25N3O/c1-9(13-7-5-6-8-13)16-10(2)14-11(3)17-12(4)18-15(14)19/h9-10,13,16H,5-8H2,1-4H3,(H,17,18,19)/t9-,10?/m1/s1. The molecule has 4 heteroatoms. The van der Waals surface area contributed by atoms with Crippen molar-refractivity contribution in [2.75, 3.05) is 0 Å². The van der Waals surface area contributed by atoms with Gasteiger partial charge in [-0.15, -0.1) is 0 Å². The van der Waals surface area contributed by atoms with E-state index in [1.54, 1.807) is 0 Å². The number of aryl methyl sites for hydroxylation is 2. The average molecular weight is 263 g/mol. The number of H-pyrrole nitrogens is 1. The fraction of sp³-hybridized carbons (Fsp3) is 0.733. The molecule has 1 heterocycles. The van der Waals surface area contributed by atoms with Gasteiger partial charge in [0.05, 0.1) is 5.56 Å². The van der Waals surface area contributed by atoms with Gasteiger partial charge in [-0.1, -0.05) is 12.8 Å². The molecule has 1 fully saturated rings. The van der Waals surface area contributed by atoms with Gasteiger partial charge in [-0.3, -0.25) is 4.79 Å². The van der Waals surface area contributed by atoms with Gasteiger partial charge in [0.15, 0.2) is 0 Å². The molecule has 4 nitrogen and oxygen atoms in total. The Morgan fingerprint density at radius 1 is 1.26 bits per heavy atom. The maximum absolute atomic E-state index is 12.1. The number of aromatic amines is 1. The van der Waals surface area contributed by atoms with Crippen molar-refractivity contribution in [2.45, 2.75) is 65.5 Å². The summed E-state index contributed by atoms with van der Waals surface area (Å²) in [6.07, 6.45) is 5.30. The molecule has 2 atom stereocenters. The lowest BCUT2D eigenvalue weighted by Gasteiger charge is -2.25. The Bertz CT molecular complexity index is 489. The minimum absolute atomic E-state index is 0.0105. The maximum atomic E-state index is 12.1. The SMILES string of the molecule is Cc1nc(C)c(C(C)N[C@H](C)C2CCCC2)c(=O)[nH]1. The van der Waals surface area contributed by atoms with E-state index < -0.39 is 0 Å². The molecule has 0 saturated heterocycles. The minimum atomic E-state index is -0.0105. The van der Waals surface area contributed by atoms with E-state index in [0.29, 0.717) is 11.9 Å². The van der Waals surface area contributed by atoms with E-state index in [2.05, 4.69) is 29.1 Å². The number of aromatic nitrogens is 2.